The number of nitrogens with two attached hydrogens (primary N) is 1. The van der Waals surface area contributed by atoms with E-state index < -0.39 is 0 Å². The number of hydrazine groups is 1. The number of rotatable bonds is 4. The van der Waals surface area contributed by atoms with Crippen molar-refractivity contribution in [3.63, 3.8) is 0 Å². The van der Waals surface area contributed by atoms with E-state index >= 15 is 0 Å². The van der Waals surface area contributed by atoms with Crippen molar-refractivity contribution in [1.82, 2.24) is 5.43 Å². The molecule has 0 aromatic rings. The van der Waals surface area contributed by atoms with E-state index in [9.17, 15) is 0 Å². The molecule has 1 rings (SSSR count). The van der Waals surface area contributed by atoms with Crippen LogP contribution in [0.25, 0.3) is 0 Å². The van der Waals surface area contributed by atoms with E-state index in [2.05, 4.69) is 12.3 Å². The van der Waals surface area contributed by atoms with Crippen molar-refractivity contribution in [2.75, 3.05) is 0 Å². The zero-order chi connectivity index (χ0) is 7.40. The molecule has 0 saturated heterocycles. The lowest BCUT2D eigenvalue weighted by atomic mass is 9.81. The van der Waals surface area contributed by atoms with Crippen LogP contribution in [0.5, 0.6) is 0 Å². The Balaban J connectivity index is 1.93. The molecule has 0 aromatic heterocycles. The Morgan fingerprint density at radius 2 is 2.30 bits per heavy atom. The lowest BCUT2D eigenvalue weighted by Crippen LogP contribution is -2.33. The van der Waals surface area contributed by atoms with Crippen LogP contribution in [0.3, 0.4) is 0 Å². The molecule has 2 heteroatoms. The van der Waals surface area contributed by atoms with Gasteiger partial charge in [-0.1, -0.05) is 19.3 Å². The van der Waals surface area contributed by atoms with Crippen LogP contribution in [0.1, 0.15) is 39.0 Å². The van der Waals surface area contributed by atoms with E-state index in [4.69, 9.17) is 5.84 Å². The molecule has 1 unspecified atom stereocenters. The number of hydrogen-bond donors (Lipinski definition) is 2. The molecule has 2 nitrogen and oxygen atoms in total. The molecule has 0 aromatic carbocycles. The zero-order valence-electron chi connectivity index (χ0n) is 6.77. The van der Waals surface area contributed by atoms with Crippen molar-refractivity contribution in [3.8, 4) is 0 Å². The van der Waals surface area contributed by atoms with Crippen molar-refractivity contribution >= 4 is 0 Å². The summed E-state index contributed by atoms with van der Waals surface area (Å²) in [7, 11) is 0. The van der Waals surface area contributed by atoms with E-state index in [1.165, 1.54) is 32.1 Å². The van der Waals surface area contributed by atoms with Crippen LogP contribution >= 0.6 is 0 Å². The third kappa shape index (κ3) is 2.27. The van der Waals surface area contributed by atoms with Gasteiger partial charge in [-0.2, -0.15) is 0 Å². The fourth-order valence-corrected chi connectivity index (χ4v) is 1.35. The van der Waals surface area contributed by atoms with Crippen LogP contribution in [-0.4, -0.2) is 6.04 Å². The Bertz CT molecular complexity index is 84.5. The lowest BCUT2D eigenvalue weighted by Gasteiger charge is -2.26. The summed E-state index contributed by atoms with van der Waals surface area (Å²) in [6.45, 7) is 2.14. The molecule has 0 aliphatic heterocycles. The fourth-order valence-electron chi connectivity index (χ4n) is 1.35. The third-order valence-corrected chi connectivity index (χ3v) is 2.52. The second-order valence-electron chi connectivity index (χ2n) is 3.44. The summed E-state index contributed by atoms with van der Waals surface area (Å²) in [6, 6.07) is 0.501. The number of nitrogens with one attached hydrogen (secondary N) is 1. The van der Waals surface area contributed by atoms with Gasteiger partial charge in [0.2, 0.25) is 0 Å². The molecular weight excluding hydrogens is 124 g/mol. The monoisotopic (exact) mass is 142 g/mol. The minimum absolute atomic E-state index is 0.501. The molecule has 10 heavy (non-hydrogen) atoms. The van der Waals surface area contributed by atoms with Crippen molar-refractivity contribution in [2.24, 2.45) is 11.8 Å². The highest BCUT2D eigenvalue weighted by Crippen LogP contribution is 2.30. The average molecular weight is 142 g/mol. The quantitative estimate of drug-likeness (QED) is 0.460. The predicted molar refractivity (Wildman–Crippen MR) is 43.4 cm³/mol. The average Bonchev–Trinajstić information content (AvgIpc) is 1.84. The van der Waals surface area contributed by atoms with Gasteiger partial charge in [-0.3, -0.25) is 11.3 Å². The summed E-state index contributed by atoms with van der Waals surface area (Å²) < 4.78 is 0. The number of hydrogen-bond acceptors (Lipinski definition) is 2. The summed E-state index contributed by atoms with van der Waals surface area (Å²) in [4.78, 5) is 0. The Kier molecular flexibility index (Phi) is 3.16. The predicted octanol–water partition coefficient (Wildman–Crippen LogP) is 1.42. The van der Waals surface area contributed by atoms with Crippen molar-refractivity contribution in [3.05, 3.63) is 0 Å². The Labute approximate surface area is 63.1 Å². The van der Waals surface area contributed by atoms with Gasteiger partial charge in [0.1, 0.15) is 0 Å². The molecule has 1 aliphatic rings. The van der Waals surface area contributed by atoms with E-state index in [0.717, 1.165) is 5.92 Å². The molecule has 0 heterocycles. The van der Waals surface area contributed by atoms with Gasteiger partial charge in [0, 0.05) is 6.04 Å². The standard InChI is InChI=1S/C8H18N2/c1-7(10-9)5-6-8-3-2-4-8/h7-8,10H,2-6,9H2,1H3. The van der Waals surface area contributed by atoms with Crippen LogP contribution in [0.2, 0.25) is 0 Å². The maximum atomic E-state index is 5.27. The van der Waals surface area contributed by atoms with Gasteiger partial charge < -0.3 is 0 Å². The van der Waals surface area contributed by atoms with Gasteiger partial charge >= 0.3 is 0 Å². The highest BCUT2D eigenvalue weighted by molar-refractivity contribution is 4.71. The molecule has 1 aliphatic carbocycles. The summed E-state index contributed by atoms with van der Waals surface area (Å²) in [5, 5.41) is 0. The first-order valence-electron chi connectivity index (χ1n) is 4.29. The van der Waals surface area contributed by atoms with Crippen molar-refractivity contribution in [2.45, 2.75) is 45.1 Å². The van der Waals surface area contributed by atoms with E-state index in [-0.39, 0.29) is 0 Å². The normalized spacial score (nSPS) is 22.2. The van der Waals surface area contributed by atoms with Crippen LogP contribution < -0.4 is 11.3 Å². The minimum Gasteiger partial charge on any atom is -0.271 e. The maximum absolute atomic E-state index is 5.27. The molecular formula is C8H18N2. The lowest BCUT2D eigenvalue weighted by molar-refractivity contribution is 0.278. The van der Waals surface area contributed by atoms with E-state index in [1.807, 2.05) is 0 Å². The second kappa shape index (κ2) is 3.94. The van der Waals surface area contributed by atoms with Gasteiger partial charge in [0.15, 0.2) is 0 Å². The Hall–Kier alpha value is -0.0800. The molecule has 1 atom stereocenters. The van der Waals surface area contributed by atoms with Gasteiger partial charge in [0.05, 0.1) is 0 Å². The largest absolute Gasteiger partial charge is 0.271 e. The zero-order valence-corrected chi connectivity index (χ0v) is 6.77. The summed E-state index contributed by atoms with van der Waals surface area (Å²) in [6.07, 6.45) is 6.97. The van der Waals surface area contributed by atoms with Crippen LogP contribution in [0, 0.1) is 5.92 Å². The smallest absolute Gasteiger partial charge is 0.0182 e. The summed E-state index contributed by atoms with van der Waals surface area (Å²) >= 11 is 0. The molecule has 1 saturated carbocycles. The fraction of sp³-hybridized carbons (Fsp3) is 1.00. The van der Waals surface area contributed by atoms with E-state index in [0.29, 0.717) is 6.04 Å². The Morgan fingerprint density at radius 1 is 1.60 bits per heavy atom. The third-order valence-electron chi connectivity index (χ3n) is 2.52. The Morgan fingerprint density at radius 3 is 2.70 bits per heavy atom. The highest BCUT2D eigenvalue weighted by Gasteiger charge is 2.17. The molecule has 60 valence electrons. The minimum atomic E-state index is 0.501. The molecule has 0 bridgehead atoms. The highest BCUT2D eigenvalue weighted by atomic mass is 15.2. The van der Waals surface area contributed by atoms with Crippen LogP contribution in [0.15, 0.2) is 0 Å². The van der Waals surface area contributed by atoms with Gasteiger partial charge in [-0.05, 0) is 25.7 Å². The van der Waals surface area contributed by atoms with Gasteiger partial charge in [0.25, 0.3) is 0 Å². The molecule has 1 fully saturated rings. The summed E-state index contributed by atoms with van der Waals surface area (Å²) in [5.41, 5.74) is 2.77. The maximum Gasteiger partial charge on any atom is 0.0182 e. The molecule has 0 spiro atoms. The van der Waals surface area contributed by atoms with Crippen LogP contribution in [0.4, 0.5) is 0 Å². The van der Waals surface area contributed by atoms with Crippen LogP contribution in [-0.2, 0) is 0 Å². The summed E-state index contributed by atoms with van der Waals surface area (Å²) in [5.74, 6) is 6.29. The first kappa shape index (κ1) is 8.02. The molecule has 0 radical (unpaired) electrons. The van der Waals surface area contributed by atoms with Gasteiger partial charge in [-0.25, -0.2) is 0 Å². The van der Waals surface area contributed by atoms with E-state index in [1.54, 1.807) is 0 Å². The molecule has 0 amide bonds. The second-order valence-corrected chi connectivity index (χ2v) is 3.44. The molecule has 3 N–H and O–H groups in total. The van der Waals surface area contributed by atoms with Crippen molar-refractivity contribution in [1.29, 1.82) is 0 Å². The first-order chi connectivity index (χ1) is 4.83. The first-order valence-corrected chi connectivity index (χ1v) is 4.29. The topological polar surface area (TPSA) is 38.0 Å². The van der Waals surface area contributed by atoms with Gasteiger partial charge in [-0.15, -0.1) is 0 Å². The SMILES string of the molecule is CC(CCC1CCC1)NN. The van der Waals surface area contributed by atoms with Crippen molar-refractivity contribution < 1.29 is 0 Å².